The summed E-state index contributed by atoms with van der Waals surface area (Å²) in [6.07, 6.45) is 3.58. The van der Waals surface area contributed by atoms with Gasteiger partial charge in [-0.1, -0.05) is 0 Å². The minimum absolute atomic E-state index is 0.341. The lowest BCUT2D eigenvalue weighted by Crippen LogP contribution is -2.30. The summed E-state index contributed by atoms with van der Waals surface area (Å²) in [6, 6.07) is 0.341. The van der Waals surface area contributed by atoms with E-state index in [1.165, 1.54) is 0 Å². The van der Waals surface area contributed by atoms with Crippen LogP contribution in [0.5, 0.6) is 0 Å². The second-order valence-corrected chi connectivity index (χ2v) is 3.59. The molecule has 0 bridgehead atoms. The number of nitrogens with zero attached hydrogens (tertiary/aromatic N) is 2. The van der Waals surface area contributed by atoms with Crippen molar-refractivity contribution in [1.29, 1.82) is 0 Å². The quantitative estimate of drug-likeness (QED) is 0.767. The molecule has 4 heteroatoms. The fourth-order valence-corrected chi connectivity index (χ4v) is 1.14. The Morgan fingerprint density at radius 1 is 1.40 bits per heavy atom. The van der Waals surface area contributed by atoms with Crippen LogP contribution in [0, 0.1) is 6.92 Å². The van der Waals surface area contributed by atoms with E-state index >= 15 is 0 Å². The van der Waals surface area contributed by atoms with Crippen LogP contribution in [0.4, 0.5) is 0 Å². The van der Waals surface area contributed by atoms with Gasteiger partial charge in [0.05, 0.1) is 18.0 Å². The number of ether oxygens (including phenoxy) is 1. The molecular formula is C11H19N3O. The fourth-order valence-electron chi connectivity index (χ4n) is 1.14. The molecule has 1 N–H and O–H groups in total. The molecule has 0 saturated heterocycles. The molecule has 1 heterocycles. The lowest BCUT2D eigenvalue weighted by molar-refractivity contribution is 0.127. The number of hydrogen-bond acceptors (Lipinski definition) is 4. The van der Waals surface area contributed by atoms with Crippen molar-refractivity contribution in [2.24, 2.45) is 0 Å². The van der Waals surface area contributed by atoms with Crippen molar-refractivity contribution in [2.45, 2.75) is 33.4 Å². The van der Waals surface area contributed by atoms with Gasteiger partial charge in [-0.15, -0.1) is 0 Å². The van der Waals surface area contributed by atoms with E-state index in [9.17, 15) is 0 Å². The molecule has 0 aliphatic heterocycles. The first kappa shape index (κ1) is 12.1. The molecule has 0 radical (unpaired) electrons. The SMILES string of the molecule is CCOCC(C)NCc1cnc(C)cn1. The van der Waals surface area contributed by atoms with Crippen molar-refractivity contribution >= 4 is 0 Å². The molecule has 0 aromatic carbocycles. The molecule has 0 saturated carbocycles. The van der Waals surface area contributed by atoms with Gasteiger partial charge >= 0.3 is 0 Å². The molecule has 0 aliphatic carbocycles. The molecule has 4 nitrogen and oxygen atoms in total. The maximum absolute atomic E-state index is 5.30. The van der Waals surface area contributed by atoms with E-state index in [-0.39, 0.29) is 0 Å². The number of rotatable bonds is 6. The highest BCUT2D eigenvalue weighted by Gasteiger charge is 2.01. The van der Waals surface area contributed by atoms with Crippen LogP contribution in [0.1, 0.15) is 25.2 Å². The second-order valence-electron chi connectivity index (χ2n) is 3.59. The van der Waals surface area contributed by atoms with E-state index in [0.717, 1.165) is 31.1 Å². The lowest BCUT2D eigenvalue weighted by atomic mass is 10.3. The number of aryl methyl sites for hydroxylation is 1. The van der Waals surface area contributed by atoms with Crippen molar-refractivity contribution in [3.05, 3.63) is 23.8 Å². The van der Waals surface area contributed by atoms with Crippen molar-refractivity contribution in [2.75, 3.05) is 13.2 Å². The maximum Gasteiger partial charge on any atom is 0.0724 e. The van der Waals surface area contributed by atoms with Gasteiger partial charge in [-0.2, -0.15) is 0 Å². The molecule has 1 aromatic heterocycles. The Bertz CT molecular complexity index is 274. The van der Waals surface area contributed by atoms with Gasteiger partial charge < -0.3 is 10.1 Å². The Labute approximate surface area is 91.1 Å². The fraction of sp³-hybridized carbons (Fsp3) is 0.636. The predicted octanol–water partition coefficient (Wildman–Crippen LogP) is 1.30. The molecule has 1 rings (SSSR count). The summed E-state index contributed by atoms with van der Waals surface area (Å²) in [5, 5.41) is 3.33. The first-order valence-electron chi connectivity index (χ1n) is 5.31. The van der Waals surface area contributed by atoms with E-state index in [1.54, 1.807) is 12.4 Å². The van der Waals surface area contributed by atoms with Gasteiger partial charge in [0.1, 0.15) is 0 Å². The van der Waals surface area contributed by atoms with E-state index in [1.807, 2.05) is 13.8 Å². The third-order valence-corrected chi connectivity index (χ3v) is 2.04. The Morgan fingerprint density at radius 3 is 2.80 bits per heavy atom. The van der Waals surface area contributed by atoms with Crippen LogP contribution in [0.25, 0.3) is 0 Å². The molecule has 84 valence electrons. The molecule has 0 spiro atoms. The van der Waals surface area contributed by atoms with E-state index in [2.05, 4.69) is 22.2 Å². The minimum Gasteiger partial charge on any atom is -0.380 e. The van der Waals surface area contributed by atoms with Gasteiger partial charge in [0, 0.05) is 31.6 Å². The molecule has 0 aliphatic rings. The predicted molar refractivity (Wildman–Crippen MR) is 59.6 cm³/mol. The summed E-state index contributed by atoms with van der Waals surface area (Å²) in [4.78, 5) is 8.45. The summed E-state index contributed by atoms with van der Waals surface area (Å²) in [6.45, 7) is 8.25. The van der Waals surface area contributed by atoms with Crippen molar-refractivity contribution in [3.63, 3.8) is 0 Å². The van der Waals surface area contributed by atoms with Crippen LogP contribution in [-0.4, -0.2) is 29.2 Å². The Balaban J connectivity index is 2.27. The van der Waals surface area contributed by atoms with Gasteiger partial charge in [0.2, 0.25) is 0 Å². The number of aromatic nitrogens is 2. The standard InChI is InChI=1S/C11H19N3O/c1-4-15-8-10(3)13-7-11-6-12-9(2)5-14-11/h5-6,10,13H,4,7-8H2,1-3H3. The molecule has 0 amide bonds. The van der Waals surface area contributed by atoms with Crippen molar-refractivity contribution in [1.82, 2.24) is 15.3 Å². The summed E-state index contributed by atoms with van der Waals surface area (Å²) in [5.74, 6) is 0. The topological polar surface area (TPSA) is 47.0 Å². The Kier molecular flexibility index (Phi) is 5.21. The highest BCUT2D eigenvalue weighted by molar-refractivity contribution is 5.00. The normalized spacial score (nSPS) is 12.7. The van der Waals surface area contributed by atoms with Gasteiger partial charge in [-0.25, -0.2) is 0 Å². The highest BCUT2D eigenvalue weighted by atomic mass is 16.5. The monoisotopic (exact) mass is 209 g/mol. The summed E-state index contributed by atoms with van der Waals surface area (Å²) in [5.41, 5.74) is 1.91. The largest absolute Gasteiger partial charge is 0.380 e. The third-order valence-electron chi connectivity index (χ3n) is 2.04. The lowest BCUT2D eigenvalue weighted by Gasteiger charge is -2.12. The minimum atomic E-state index is 0.341. The van der Waals surface area contributed by atoms with Crippen LogP contribution in [0.3, 0.4) is 0 Å². The molecule has 1 aromatic rings. The van der Waals surface area contributed by atoms with E-state index < -0.39 is 0 Å². The van der Waals surface area contributed by atoms with Crippen LogP contribution in [-0.2, 0) is 11.3 Å². The van der Waals surface area contributed by atoms with E-state index in [4.69, 9.17) is 4.74 Å². The summed E-state index contributed by atoms with van der Waals surface area (Å²) < 4.78 is 5.30. The molecule has 15 heavy (non-hydrogen) atoms. The van der Waals surface area contributed by atoms with Crippen LogP contribution in [0.15, 0.2) is 12.4 Å². The molecule has 0 fully saturated rings. The zero-order chi connectivity index (χ0) is 11.1. The van der Waals surface area contributed by atoms with Crippen LogP contribution >= 0.6 is 0 Å². The summed E-state index contributed by atoms with van der Waals surface area (Å²) >= 11 is 0. The summed E-state index contributed by atoms with van der Waals surface area (Å²) in [7, 11) is 0. The van der Waals surface area contributed by atoms with Gasteiger partial charge in [0.15, 0.2) is 0 Å². The van der Waals surface area contributed by atoms with Crippen LogP contribution < -0.4 is 5.32 Å². The number of nitrogens with one attached hydrogen (secondary N) is 1. The third kappa shape index (κ3) is 4.85. The highest BCUT2D eigenvalue weighted by Crippen LogP contribution is 1.94. The first-order valence-corrected chi connectivity index (χ1v) is 5.31. The zero-order valence-electron chi connectivity index (χ0n) is 9.66. The smallest absolute Gasteiger partial charge is 0.0724 e. The second kappa shape index (κ2) is 6.48. The molecular weight excluding hydrogens is 190 g/mol. The average Bonchev–Trinajstić information content (AvgIpc) is 2.25. The first-order chi connectivity index (χ1) is 7.22. The van der Waals surface area contributed by atoms with Crippen molar-refractivity contribution in [3.8, 4) is 0 Å². The Hall–Kier alpha value is -1.00. The zero-order valence-corrected chi connectivity index (χ0v) is 9.66. The maximum atomic E-state index is 5.30. The van der Waals surface area contributed by atoms with E-state index in [0.29, 0.717) is 6.04 Å². The van der Waals surface area contributed by atoms with Gasteiger partial charge in [-0.3, -0.25) is 9.97 Å². The molecule has 1 atom stereocenters. The average molecular weight is 209 g/mol. The Morgan fingerprint density at radius 2 is 2.20 bits per heavy atom. The number of hydrogen-bond donors (Lipinski definition) is 1. The molecule has 1 unspecified atom stereocenters. The van der Waals surface area contributed by atoms with Gasteiger partial charge in [-0.05, 0) is 20.8 Å². The van der Waals surface area contributed by atoms with Crippen LogP contribution in [0.2, 0.25) is 0 Å². The van der Waals surface area contributed by atoms with Gasteiger partial charge in [0.25, 0.3) is 0 Å². The van der Waals surface area contributed by atoms with Crippen molar-refractivity contribution < 1.29 is 4.74 Å².